The zero-order valence-corrected chi connectivity index (χ0v) is 9.26. The molecule has 0 aliphatic rings. The second kappa shape index (κ2) is 6.64. The first-order valence-electron chi connectivity index (χ1n) is 5.74. The van der Waals surface area contributed by atoms with Crippen molar-refractivity contribution in [2.75, 3.05) is 0 Å². The van der Waals surface area contributed by atoms with Gasteiger partial charge < -0.3 is 0 Å². The molecular formula is C14H21. The van der Waals surface area contributed by atoms with Gasteiger partial charge in [0, 0.05) is 0 Å². The van der Waals surface area contributed by atoms with Crippen molar-refractivity contribution >= 4 is 0 Å². The van der Waals surface area contributed by atoms with Gasteiger partial charge in [-0.05, 0) is 30.4 Å². The van der Waals surface area contributed by atoms with Crippen LogP contribution in [0.3, 0.4) is 0 Å². The van der Waals surface area contributed by atoms with Gasteiger partial charge in [-0.2, -0.15) is 0 Å². The summed E-state index contributed by atoms with van der Waals surface area (Å²) in [7, 11) is 0. The lowest BCUT2D eigenvalue weighted by Crippen LogP contribution is -1.89. The van der Waals surface area contributed by atoms with Gasteiger partial charge in [0.1, 0.15) is 0 Å². The third kappa shape index (κ3) is 3.95. The monoisotopic (exact) mass is 189 g/mol. The average molecular weight is 189 g/mol. The number of benzene rings is 1. The molecule has 14 heavy (non-hydrogen) atoms. The highest BCUT2D eigenvalue weighted by Gasteiger charge is 1.95. The van der Waals surface area contributed by atoms with Gasteiger partial charge in [-0.1, -0.05) is 57.4 Å². The second-order valence-electron chi connectivity index (χ2n) is 3.88. The molecule has 0 bridgehead atoms. The van der Waals surface area contributed by atoms with E-state index in [2.05, 4.69) is 38.1 Å². The molecule has 0 nitrogen and oxygen atoms in total. The van der Waals surface area contributed by atoms with E-state index < -0.39 is 0 Å². The quantitative estimate of drug-likeness (QED) is 0.589. The molecule has 77 valence electrons. The molecule has 1 aromatic carbocycles. The highest BCUT2D eigenvalue weighted by molar-refractivity contribution is 5.23. The molecule has 0 heterocycles. The molecule has 0 aliphatic heterocycles. The van der Waals surface area contributed by atoms with E-state index in [0.29, 0.717) is 0 Å². The predicted octanol–water partition coefficient (Wildman–Crippen LogP) is 4.19. The van der Waals surface area contributed by atoms with Crippen LogP contribution in [0.2, 0.25) is 0 Å². The minimum absolute atomic E-state index is 1.06. The van der Waals surface area contributed by atoms with Crippen molar-refractivity contribution in [3.63, 3.8) is 0 Å². The van der Waals surface area contributed by atoms with Crippen molar-refractivity contribution in [2.24, 2.45) is 0 Å². The van der Waals surface area contributed by atoms with Crippen molar-refractivity contribution in [3.05, 3.63) is 42.3 Å². The molecule has 0 amide bonds. The first kappa shape index (κ1) is 11.3. The lowest BCUT2D eigenvalue weighted by molar-refractivity contribution is 0.745. The number of hydrogen-bond donors (Lipinski definition) is 0. The number of unbranched alkanes of at least 4 members (excludes halogenated alkanes) is 2. The summed E-state index contributed by atoms with van der Waals surface area (Å²) in [6.07, 6.45) is 7.25. The fourth-order valence-corrected chi connectivity index (χ4v) is 1.74. The third-order valence-corrected chi connectivity index (χ3v) is 2.50. The van der Waals surface area contributed by atoms with Crippen LogP contribution in [-0.4, -0.2) is 0 Å². The van der Waals surface area contributed by atoms with Crippen LogP contribution in [0.25, 0.3) is 0 Å². The molecule has 0 saturated carbocycles. The Labute approximate surface area is 88.4 Å². The maximum atomic E-state index is 3.86. The minimum atomic E-state index is 1.06. The van der Waals surface area contributed by atoms with E-state index in [9.17, 15) is 0 Å². The van der Waals surface area contributed by atoms with E-state index in [-0.39, 0.29) is 0 Å². The van der Waals surface area contributed by atoms with Gasteiger partial charge in [0.2, 0.25) is 0 Å². The molecule has 0 atom stereocenters. The van der Waals surface area contributed by atoms with Crippen LogP contribution in [-0.2, 0) is 12.8 Å². The van der Waals surface area contributed by atoms with Crippen LogP contribution in [0.4, 0.5) is 0 Å². The van der Waals surface area contributed by atoms with Crippen molar-refractivity contribution < 1.29 is 0 Å². The Balaban J connectivity index is 2.46. The molecule has 1 aromatic rings. The Morgan fingerprint density at radius 2 is 1.79 bits per heavy atom. The molecule has 1 rings (SSSR count). The van der Waals surface area contributed by atoms with Crippen LogP contribution in [0.1, 0.15) is 43.7 Å². The zero-order valence-electron chi connectivity index (χ0n) is 9.26. The van der Waals surface area contributed by atoms with Crippen molar-refractivity contribution in [1.29, 1.82) is 0 Å². The molecule has 1 radical (unpaired) electrons. The van der Waals surface area contributed by atoms with E-state index in [4.69, 9.17) is 0 Å². The molecule has 0 N–H and O–H groups in total. The van der Waals surface area contributed by atoms with Gasteiger partial charge in [-0.25, -0.2) is 0 Å². The summed E-state index contributed by atoms with van der Waals surface area (Å²) in [5.41, 5.74) is 2.98. The molecule has 0 unspecified atom stereocenters. The maximum absolute atomic E-state index is 3.86. The molecule has 0 aliphatic carbocycles. The van der Waals surface area contributed by atoms with Gasteiger partial charge in [0.05, 0.1) is 0 Å². The van der Waals surface area contributed by atoms with Crippen molar-refractivity contribution in [1.82, 2.24) is 0 Å². The lowest BCUT2D eigenvalue weighted by Gasteiger charge is -2.03. The van der Waals surface area contributed by atoms with E-state index in [0.717, 1.165) is 6.42 Å². The highest BCUT2D eigenvalue weighted by Crippen LogP contribution is 2.10. The topological polar surface area (TPSA) is 0 Å². The van der Waals surface area contributed by atoms with Gasteiger partial charge in [-0.3, -0.25) is 0 Å². The summed E-state index contributed by atoms with van der Waals surface area (Å²) in [6.45, 7) is 6.10. The standard InChI is InChI=1S/C14H21/c1-3-5-6-9-14-11-7-10-13(12-14)8-4-2/h7,10-12H,1,3-6,8-9H2,2H3. The summed E-state index contributed by atoms with van der Waals surface area (Å²) >= 11 is 0. The van der Waals surface area contributed by atoms with Crippen LogP contribution >= 0.6 is 0 Å². The number of hydrogen-bond acceptors (Lipinski definition) is 0. The Morgan fingerprint density at radius 3 is 2.43 bits per heavy atom. The molecule has 0 fully saturated rings. The van der Waals surface area contributed by atoms with Gasteiger partial charge in [0.15, 0.2) is 0 Å². The first-order valence-corrected chi connectivity index (χ1v) is 5.74. The largest absolute Gasteiger partial charge is 0.0651 e. The first-order chi connectivity index (χ1) is 6.86. The van der Waals surface area contributed by atoms with Gasteiger partial charge in [0.25, 0.3) is 0 Å². The Morgan fingerprint density at radius 1 is 1.07 bits per heavy atom. The fourth-order valence-electron chi connectivity index (χ4n) is 1.74. The zero-order chi connectivity index (χ0) is 10.2. The van der Waals surface area contributed by atoms with Crippen molar-refractivity contribution in [2.45, 2.75) is 45.4 Å². The molecule has 0 saturated heterocycles. The van der Waals surface area contributed by atoms with Gasteiger partial charge >= 0.3 is 0 Å². The summed E-state index contributed by atoms with van der Waals surface area (Å²) in [6, 6.07) is 9.01. The number of aryl methyl sites for hydroxylation is 2. The van der Waals surface area contributed by atoms with Crippen LogP contribution in [0, 0.1) is 6.92 Å². The highest BCUT2D eigenvalue weighted by atomic mass is 14.0. The van der Waals surface area contributed by atoms with E-state index >= 15 is 0 Å². The van der Waals surface area contributed by atoms with E-state index in [1.807, 2.05) is 0 Å². The predicted molar refractivity (Wildman–Crippen MR) is 63.3 cm³/mol. The Kier molecular flexibility index (Phi) is 5.36. The normalized spacial score (nSPS) is 10.4. The average Bonchev–Trinajstić information content (AvgIpc) is 2.19. The lowest BCUT2D eigenvalue weighted by atomic mass is 10.0. The molecule has 0 heteroatoms. The minimum Gasteiger partial charge on any atom is -0.0651 e. The maximum Gasteiger partial charge on any atom is -0.0279 e. The summed E-state index contributed by atoms with van der Waals surface area (Å²) in [5.74, 6) is 0. The summed E-state index contributed by atoms with van der Waals surface area (Å²) in [4.78, 5) is 0. The molecule has 0 aromatic heterocycles. The Bertz CT molecular complexity index is 250. The SMILES string of the molecule is [CH2]CCCCc1cccc(CCC)c1. The third-order valence-electron chi connectivity index (χ3n) is 2.50. The van der Waals surface area contributed by atoms with Crippen molar-refractivity contribution in [3.8, 4) is 0 Å². The Hall–Kier alpha value is -0.780. The molecular weight excluding hydrogens is 168 g/mol. The van der Waals surface area contributed by atoms with Crippen LogP contribution < -0.4 is 0 Å². The second-order valence-corrected chi connectivity index (χ2v) is 3.88. The summed E-state index contributed by atoms with van der Waals surface area (Å²) < 4.78 is 0. The van der Waals surface area contributed by atoms with Gasteiger partial charge in [-0.15, -0.1) is 0 Å². The van der Waals surface area contributed by atoms with Crippen LogP contribution in [0.5, 0.6) is 0 Å². The molecule has 0 spiro atoms. The number of rotatable bonds is 6. The van der Waals surface area contributed by atoms with Crippen LogP contribution in [0.15, 0.2) is 24.3 Å². The van der Waals surface area contributed by atoms with E-state index in [1.54, 1.807) is 0 Å². The smallest absolute Gasteiger partial charge is 0.0279 e. The fraction of sp³-hybridized carbons (Fsp3) is 0.500. The summed E-state index contributed by atoms with van der Waals surface area (Å²) in [5, 5.41) is 0. The van der Waals surface area contributed by atoms with E-state index in [1.165, 1.54) is 43.2 Å².